The van der Waals surface area contributed by atoms with Gasteiger partial charge in [-0.05, 0) is 24.6 Å². The molecule has 1 aromatic rings. The van der Waals surface area contributed by atoms with Crippen LogP contribution in [0.5, 0.6) is 5.75 Å². The minimum Gasteiger partial charge on any atom is -0.489 e. The van der Waals surface area contributed by atoms with Crippen molar-refractivity contribution < 1.29 is 14.3 Å². The number of benzene rings is 1. The zero-order valence-corrected chi connectivity index (χ0v) is 11.5. The molecule has 17 heavy (non-hydrogen) atoms. The minimum atomic E-state index is -0.106. The Bertz CT molecular complexity index is 382. The number of hydrogen-bond donors (Lipinski definition) is 1. The molecular weight excluding hydrogens is 286 g/mol. The van der Waals surface area contributed by atoms with Gasteiger partial charge in [0.2, 0.25) is 5.91 Å². The fraction of sp³-hybridized carbons (Fsp3) is 0.417. The van der Waals surface area contributed by atoms with Gasteiger partial charge in [0, 0.05) is 7.11 Å². The summed E-state index contributed by atoms with van der Waals surface area (Å²) in [5.74, 6) is 0.557. The number of rotatable bonds is 6. The Morgan fingerprint density at radius 1 is 1.41 bits per heavy atom. The Morgan fingerprint density at radius 2 is 2.18 bits per heavy atom. The summed E-state index contributed by atoms with van der Waals surface area (Å²) in [5.41, 5.74) is 1.76. The lowest BCUT2D eigenvalue weighted by Gasteiger charge is -2.12. The van der Waals surface area contributed by atoms with Crippen LogP contribution in [0, 0.1) is 6.92 Å². The molecule has 0 spiro atoms. The van der Waals surface area contributed by atoms with Gasteiger partial charge in [-0.2, -0.15) is 0 Å². The summed E-state index contributed by atoms with van der Waals surface area (Å²) in [6, 6.07) is 5.64. The molecule has 1 amide bonds. The van der Waals surface area contributed by atoms with Crippen LogP contribution in [0.2, 0.25) is 0 Å². The van der Waals surface area contributed by atoms with Gasteiger partial charge in [0.25, 0.3) is 0 Å². The number of halogens is 1. The number of hydrogen-bond acceptors (Lipinski definition) is 3. The Balaban J connectivity index is 2.76. The van der Waals surface area contributed by atoms with E-state index in [1.165, 1.54) is 0 Å². The quantitative estimate of drug-likeness (QED) is 0.648. The van der Waals surface area contributed by atoms with Crippen LogP contribution >= 0.6 is 15.9 Å². The molecule has 94 valence electrons. The first kappa shape index (κ1) is 14.0. The predicted molar refractivity (Wildman–Crippen MR) is 71.0 cm³/mol. The minimum absolute atomic E-state index is 0.106. The van der Waals surface area contributed by atoms with Crippen molar-refractivity contribution in [3.05, 3.63) is 23.8 Å². The van der Waals surface area contributed by atoms with Gasteiger partial charge in [-0.25, -0.2) is 0 Å². The molecule has 1 rings (SSSR count). The van der Waals surface area contributed by atoms with Crippen LogP contribution < -0.4 is 10.1 Å². The molecule has 0 saturated heterocycles. The van der Waals surface area contributed by atoms with Crippen molar-refractivity contribution >= 4 is 27.5 Å². The van der Waals surface area contributed by atoms with Crippen LogP contribution in [0.4, 0.5) is 5.69 Å². The third kappa shape index (κ3) is 4.75. The van der Waals surface area contributed by atoms with E-state index < -0.39 is 0 Å². The van der Waals surface area contributed by atoms with Crippen molar-refractivity contribution in [3.63, 3.8) is 0 Å². The highest BCUT2D eigenvalue weighted by Crippen LogP contribution is 2.25. The van der Waals surface area contributed by atoms with Crippen LogP contribution in [0.3, 0.4) is 0 Å². The highest BCUT2D eigenvalue weighted by Gasteiger charge is 2.07. The fourth-order valence-corrected chi connectivity index (χ4v) is 1.41. The summed E-state index contributed by atoms with van der Waals surface area (Å²) >= 11 is 3.10. The smallest absolute Gasteiger partial charge is 0.235 e. The Hall–Kier alpha value is -1.07. The summed E-state index contributed by atoms with van der Waals surface area (Å²) in [6.45, 7) is 2.94. The topological polar surface area (TPSA) is 47.6 Å². The van der Waals surface area contributed by atoms with Crippen molar-refractivity contribution in [1.29, 1.82) is 0 Å². The lowest BCUT2D eigenvalue weighted by Crippen LogP contribution is -2.14. The molecule has 1 aromatic carbocycles. The molecule has 0 saturated carbocycles. The van der Waals surface area contributed by atoms with Crippen molar-refractivity contribution in [2.75, 3.05) is 31.0 Å². The molecule has 5 heteroatoms. The Morgan fingerprint density at radius 3 is 2.82 bits per heavy atom. The maximum absolute atomic E-state index is 11.3. The number of anilines is 1. The van der Waals surface area contributed by atoms with Crippen LogP contribution in [-0.4, -0.2) is 31.6 Å². The van der Waals surface area contributed by atoms with Crippen molar-refractivity contribution in [3.8, 4) is 5.75 Å². The molecule has 0 aliphatic heterocycles. The summed E-state index contributed by atoms with van der Waals surface area (Å²) in [6.07, 6.45) is 0. The van der Waals surface area contributed by atoms with Gasteiger partial charge in [-0.1, -0.05) is 22.0 Å². The highest BCUT2D eigenvalue weighted by molar-refractivity contribution is 9.09. The normalized spacial score (nSPS) is 10.1. The number of methoxy groups -OCH3 is 1. The number of ether oxygens (including phenoxy) is 2. The van der Waals surface area contributed by atoms with Crippen molar-refractivity contribution in [1.82, 2.24) is 0 Å². The van der Waals surface area contributed by atoms with Gasteiger partial charge in [0.15, 0.2) is 0 Å². The average molecular weight is 302 g/mol. The Labute approximate surface area is 109 Å². The van der Waals surface area contributed by atoms with Gasteiger partial charge in [-0.3, -0.25) is 4.79 Å². The summed E-state index contributed by atoms with van der Waals surface area (Å²) < 4.78 is 10.5. The molecule has 1 N–H and O–H groups in total. The van der Waals surface area contributed by atoms with E-state index in [0.717, 1.165) is 5.56 Å². The van der Waals surface area contributed by atoms with Crippen LogP contribution in [0.1, 0.15) is 5.56 Å². The number of carbonyl (C=O) groups is 1. The molecule has 0 aromatic heterocycles. The van der Waals surface area contributed by atoms with Crippen LogP contribution in [0.25, 0.3) is 0 Å². The molecule has 0 heterocycles. The lowest BCUT2D eigenvalue weighted by atomic mass is 10.2. The van der Waals surface area contributed by atoms with Gasteiger partial charge >= 0.3 is 0 Å². The molecule has 0 unspecified atom stereocenters. The first-order chi connectivity index (χ1) is 8.17. The molecule has 0 bridgehead atoms. The number of carbonyl (C=O) groups excluding carboxylic acids is 1. The monoisotopic (exact) mass is 301 g/mol. The van der Waals surface area contributed by atoms with Crippen LogP contribution in [-0.2, 0) is 9.53 Å². The lowest BCUT2D eigenvalue weighted by molar-refractivity contribution is -0.113. The molecule has 0 aliphatic carbocycles. The Kier molecular flexibility index (Phi) is 6.00. The first-order valence-corrected chi connectivity index (χ1v) is 6.37. The van der Waals surface area contributed by atoms with E-state index in [9.17, 15) is 4.79 Å². The molecule has 0 fully saturated rings. The molecule has 0 aliphatic rings. The van der Waals surface area contributed by atoms with Crippen LogP contribution in [0.15, 0.2) is 18.2 Å². The molecule has 4 nitrogen and oxygen atoms in total. The van der Waals surface area contributed by atoms with E-state index in [0.29, 0.717) is 24.7 Å². The zero-order chi connectivity index (χ0) is 12.7. The SMILES string of the molecule is COCCOc1cc(C)ccc1NC(=O)CBr. The maximum Gasteiger partial charge on any atom is 0.235 e. The van der Waals surface area contributed by atoms with Gasteiger partial charge in [-0.15, -0.1) is 0 Å². The highest BCUT2D eigenvalue weighted by atomic mass is 79.9. The number of aryl methyl sites for hydroxylation is 1. The number of nitrogens with one attached hydrogen (secondary N) is 1. The van der Waals surface area contributed by atoms with E-state index in [1.807, 2.05) is 25.1 Å². The third-order valence-corrected chi connectivity index (χ3v) is 2.59. The van der Waals surface area contributed by atoms with E-state index in [2.05, 4.69) is 21.2 Å². The maximum atomic E-state index is 11.3. The second kappa shape index (κ2) is 7.29. The van der Waals surface area contributed by atoms with Crippen molar-refractivity contribution in [2.24, 2.45) is 0 Å². The van der Waals surface area contributed by atoms with E-state index >= 15 is 0 Å². The van der Waals surface area contributed by atoms with Gasteiger partial charge < -0.3 is 14.8 Å². The van der Waals surface area contributed by atoms with Crippen molar-refractivity contribution in [2.45, 2.75) is 6.92 Å². The fourth-order valence-electron chi connectivity index (χ4n) is 1.27. The van der Waals surface area contributed by atoms with Gasteiger partial charge in [0.1, 0.15) is 12.4 Å². The third-order valence-electron chi connectivity index (χ3n) is 2.08. The predicted octanol–water partition coefficient (Wildman–Crippen LogP) is 2.35. The zero-order valence-electron chi connectivity index (χ0n) is 9.96. The summed E-state index contributed by atoms with van der Waals surface area (Å²) in [4.78, 5) is 11.3. The van der Waals surface area contributed by atoms with E-state index in [4.69, 9.17) is 9.47 Å². The second-order valence-corrected chi connectivity index (χ2v) is 4.08. The first-order valence-electron chi connectivity index (χ1n) is 5.25. The van der Waals surface area contributed by atoms with E-state index in [1.54, 1.807) is 7.11 Å². The average Bonchev–Trinajstić information content (AvgIpc) is 2.32. The van der Waals surface area contributed by atoms with E-state index in [-0.39, 0.29) is 11.2 Å². The summed E-state index contributed by atoms with van der Waals surface area (Å²) in [5, 5.41) is 3.02. The number of alkyl halides is 1. The molecule has 0 radical (unpaired) electrons. The molecule has 0 atom stereocenters. The number of amides is 1. The van der Waals surface area contributed by atoms with Gasteiger partial charge in [0.05, 0.1) is 17.6 Å². The summed E-state index contributed by atoms with van der Waals surface area (Å²) in [7, 11) is 1.62. The standard InChI is InChI=1S/C12H16BrNO3/c1-9-3-4-10(14-12(15)8-13)11(7-9)17-6-5-16-2/h3-4,7H,5-6,8H2,1-2H3,(H,14,15). The second-order valence-electron chi connectivity index (χ2n) is 3.52. The molecular formula is C12H16BrNO3. The largest absolute Gasteiger partial charge is 0.489 e.